The van der Waals surface area contributed by atoms with Gasteiger partial charge in [-0.15, -0.1) is 0 Å². The molecule has 2 atom stereocenters. The molecule has 5 heteroatoms. The smallest absolute Gasteiger partial charge is 0.310 e. The number of carbonyl (C=O) groups is 1. The van der Waals surface area contributed by atoms with Gasteiger partial charge in [0.15, 0.2) is 0 Å². The first-order valence-electron chi connectivity index (χ1n) is 5.39. The molecule has 92 valence electrons. The zero-order chi connectivity index (χ0) is 12.4. The molecule has 1 fully saturated rings. The van der Waals surface area contributed by atoms with Gasteiger partial charge in [-0.25, -0.2) is 0 Å². The van der Waals surface area contributed by atoms with Crippen molar-refractivity contribution in [1.82, 2.24) is 5.32 Å². The van der Waals surface area contributed by atoms with Crippen molar-refractivity contribution in [3.8, 4) is 0 Å². The van der Waals surface area contributed by atoms with E-state index in [0.29, 0.717) is 10.0 Å². The molecule has 17 heavy (non-hydrogen) atoms. The molecule has 0 spiro atoms. The van der Waals surface area contributed by atoms with Gasteiger partial charge in [0, 0.05) is 16.1 Å². The van der Waals surface area contributed by atoms with E-state index in [2.05, 4.69) is 5.32 Å². The van der Waals surface area contributed by atoms with Gasteiger partial charge in [-0.05, 0) is 30.7 Å². The van der Waals surface area contributed by atoms with E-state index in [1.807, 2.05) is 6.07 Å². The Morgan fingerprint density at radius 3 is 2.88 bits per heavy atom. The predicted octanol–water partition coefficient (Wildman–Crippen LogP) is 2.82. The Hall–Kier alpha value is -0.770. The van der Waals surface area contributed by atoms with E-state index >= 15 is 0 Å². The highest BCUT2D eigenvalue weighted by Gasteiger charge is 2.35. The van der Waals surface area contributed by atoms with Gasteiger partial charge in [-0.2, -0.15) is 0 Å². The van der Waals surface area contributed by atoms with Crippen LogP contribution in [0.5, 0.6) is 0 Å². The van der Waals surface area contributed by atoms with Gasteiger partial charge < -0.3 is 10.1 Å². The predicted molar refractivity (Wildman–Crippen MR) is 67.3 cm³/mol. The fraction of sp³-hybridized carbons (Fsp3) is 0.417. The number of methoxy groups -OCH3 is 1. The van der Waals surface area contributed by atoms with E-state index in [4.69, 9.17) is 27.9 Å². The Balaban J connectivity index is 2.29. The normalized spacial score (nSPS) is 23.7. The van der Waals surface area contributed by atoms with Gasteiger partial charge in [0.2, 0.25) is 0 Å². The summed E-state index contributed by atoms with van der Waals surface area (Å²) in [6, 6.07) is 5.22. The largest absolute Gasteiger partial charge is 0.469 e. The lowest BCUT2D eigenvalue weighted by Crippen LogP contribution is -2.24. The molecule has 0 radical (unpaired) electrons. The Morgan fingerprint density at radius 2 is 2.24 bits per heavy atom. The quantitative estimate of drug-likeness (QED) is 0.843. The number of ether oxygens (including phenoxy) is 1. The highest BCUT2D eigenvalue weighted by molar-refractivity contribution is 6.35. The summed E-state index contributed by atoms with van der Waals surface area (Å²) < 4.78 is 4.80. The minimum Gasteiger partial charge on any atom is -0.469 e. The van der Waals surface area contributed by atoms with Gasteiger partial charge in [0.25, 0.3) is 0 Å². The second kappa shape index (κ2) is 5.25. The molecule has 0 amide bonds. The summed E-state index contributed by atoms with van der Waals surface area (Å²) in [6.45, 7) is 0.781. The monoisotopic (exact) mass is 273 g/mol. The molecule has 0 saturated carbocycles. The molecule has 1 aromatic carbocycles. The van der Waals surface area contributed by atoms with Crippen LogP contribution in [0.3, 0.4) is 0 Å². The summed E-state index contributed by atoms with van der Waals surface area (Å²) in [5.74, 6) is -0.385. The van der Waals surface area contributed by atoms with Crippen molar-refractivity contribution in [3.05, 3.63) is 33.8 Å². The third-order valence-corrected chi connectivity index (χ3v) is 3.59. The lowest BCUT2D eigenvalue weighted by molar-refractivity contribution is -0.145. The molecule has 2 rings (SSSR count). The van der Waals surface area contributed by atoms with Crippen molar-refractivity contribution in [2.24, 2.45) is 5.92 Å². The summed E-state index contributed by atoms with van der Waals surface area (Å²) in [5.41, 5.74) is 0.893. The van der Waals surface area contributed by atoms with Crippen LogP contribution in [0.4, 0.5) is 0 Å². The molecule has 1 saturated heterocycles. The Labute approximate surface area is 110 Å². The van der Waals surface area contributed by atoms with Gasteiger partial charge in [0.05, 0.1) is 13.0 Å². The highest BCUT2D eigenvalue weighted by atomic mass is 35.5. The fourth-order valence-corrected chi connectivity index (χ4v) is 2.72. The minimum absolute atomic E-state index is 0.0905. The number of nitrogens with one attached hydrogen (secondary N) is 1. The van der Waals surface area contributed by atoms with E-state index in [-0.39, 0.29) is 17.9 Å². The molecule has 1 aliphatic rings. The standard InChI is InChI=1S/C12H13Cl2NO2/c1-17-12(16)9-4-5-15-11(9)8-3-2-7(13)6-10(8)14/h2-3,6,9,11,15H,4-5H2,1H3/t9-,11-/m1/s1. The second-order valence-corrected chi connectivity index (χ2v) is 4.86. The highest BCUT2D eigenvalue weighted by Crippen LogP contribution is 2.35. The summed E-state index contributed by atoms with van der Waals surface area (Å²) >= 11 is 12.0. The van der Waals surface area contributed by atoms with Crippen LogP contribution in [0.1, 0.15) is 18.0 Å². The average molecular weight is 274 g/mol. The lowest BCUT2D eigenvalue weighted by atomic mass is 9.94. The number of hydrogen-bond acceptors (Lipinski definition) is 3. The Morgan fingerprint density at radius 1 is 1.47 bits per heavy atom. The molecule has 1 heterocycles. The van der Waals surface area contributed by atoms with Gasteiger partial charge in [-0.3, -0.25) is 4.79 Å². The van der Waals surface area contributed by atoms with E-state index in [0.717, 1.165) is 18.5 Å². The van der Waals surface area contributed by atoms with Crippen LogP contribution in [0.2, 0.25) is 10.0 Å². The van der Waals surface area contributed by atoms with Crippen LogP contribution in [0.15, 0.2) is 18.2 Å². The first kappa shape index (κ1) is 12.7. The molecule has 0 aliphatic carbocycles. The van der Waals surface area contributed by atoms with Crippen molar-refractivity contribution in [1.29, 1.82) is 0 Å². The number of benzene rings is 1. The number of hydrogen-bond donors (Lipinski definition) is 1. The number of halogens is 2. The zero-order valence-electron chi connectivity index (χ0n) is 9.37. The maximum absolute atomic E-state index is 11.6. The topological polar surface area (TPSA) is 38.3 Å². The first-order valence-corrected chi connectivity index (χ1v) is 6.15. The van der Waals surface area contributed by atoms with Crippen LogP contribution in [0, 0.1) is 5.92 Å². The van der Waals surface area contributed by atoms with Crippen molar-refractivity contribution in [2.45, 2.75) is 12.5 Å². The number of esters is 1. The van der Waals surface area contributed by atoms with E-state index in [9.17, 15) is 4.79 Å². The number of rotatable bonds is 2. The van der Waals surface area contributed by atoms with E-state index in [1.165, 1.54) is 7.11 Å². The van der Waals surface area contributed by atoms with Crippen LogP contribution in [-0.4, -0.2) is 19.6 Å². The molecular formula is C12H13Cl2NO2. The molecule has 3 nitrogen and oxygen atoms in total. The van der Waals surface area contributed by atoms with Crippen molar-refractivity contribution in [2.75, 3.05) is 13.7 Å². The lowest BCUT2D eigenvalue weighted by Gasteiger charge is -2.19. The average Bonchev–Trinajstić information content (AvgIpc) is 2.77. The van der Waals surface area contributed by atoms with E-state index in [1.54, 1.807) is 12.1 Å². The summed E-state index contributed by atoms with van der Waals surface area (Å²) in [6.07, 6.45) is 0.760. The SMILES string of the molecule is COC(=O)[C@@H]1CCN[C@@H]1c1ccc(Cl)cc1Cl. The molecule has 1 aromatic rings. The van der Waals surface area contributed by atoms with Crippen molar-refractivity contribution in [3.63, 3.8) is 0 Å². The maximum Gasteiger partial charge on any atom is 0.310 e. The van der Waals surface area contributed by atoms with Gasteiger partial charge in [0.1, 0.15) is 0 Å². The summed E-state index contributed by atoms with van der Waals surface area (Å²) in [5, 5.41) is 4.43. The molecule has 1 aliphatic heterocycles. The van der Waals surface area contributed by atoms with Crippen molar-refractivity contribution < 1.29 is 9.53 Å². The molecule has 0 bridgehead atoms. The maximum atomic E-state index is 11.6. The van der Waals surface area contributed by atoms with Crippen molar-refractivity contribution >= 4 is 29.2 Å². The third kappa shape index (κ3) is 2.57. The molecule has 0 unspecified atom stereocenters. The number of carbonyl (C=O) groups excluding carboxylic acids is 1. The van der Waals surface area contributed by atoms with Crippen LogP contribution < -0.4 is 5.32 Å². The molecule has 0 aromatic heterocycles. The molecule has 1 N–H and O–H groups in total. The molecular weight excluding hydrogens is 261 g/mol. The third-order valence-electron chi connectivity index (χ3n) is 3.02. The second-order valence-electron chi connectivity index (χ2n) is 4.02. The zero-order valence-corrected chi connectivity index (χ0v) is 10.9. The van der Waals surface area contributed by atoms with Gasteiger partial charge >= 0.3 is 5.97 Å². The van der Waals surface area contributed by atoms with Crippen LogP contribution >= 0.6 is 23.2 Å². The minimum atomic E-state index is -0.203. The van der Waals surface area contributed by atoms with E-state index < -0.39 is 0 Å². The summed E-state index contributed by atoms with van der Waals surface area (Å²) in [4.78, 5) is 11.6. The Bertz CT molecular complexity index is 437. The first-order chi connectivity index (χ1) is 8.13. The fourth-order valence-electron chi connectivity index (χ4n) is 2.19. The summed E-state index contributed by atoms with van der Waals surface area (Å²) in [7, 11) is 1.40. The van der Waals surface area contributed by atoms with Crippen LogP contribution in [-0.2, 0) is 9.53 Å². The van der Waals surface area contributed by atoms with Crippen LogP contribution in [0.25, 0.3) is 0 Å². The Kier molecular flexibility index (Phi) is 3.92. The van der Waals surface area contributed by atoms with Gasteiger partial charge in [-0.1, -0.05) is 29.3 Å².